The Morgan fingerprint density at radius 2 is 2.28 bits per heavy atom. The summed E-state index contributed by atoms with van der Waals surface area (Å²) in [4.78, 5) is 13.8. The maximum Gasteiger partial charge on any atom is 0.322 e. The van der Waals surface area contributed by atoms with Crippen molar-refractivity contribution in [2.45, 2.75) is 18.9 Å². The molecule has 1 atom stereocenters. The minimum absolute atomic E-state index is 0.0853. The first kappa shape index (κ1) is 12.7. The molecule has 18 heavy (non-hydrogen) atoms. The molecule has 1 aliphatic heterocycles. The molecule has 1 aromatic carbocycles. The van der Waals surface area contributed by atoms with Gasteiger partial charge in [-0.3, -0.25) is 0 Å². The molecule has 0 aliphatic carbocycles. The second-order valence-corrected chi connectivity index (χ2v) is 4.48. The van der Waals surface area contributed by atoms with Crippen LogP contribution in [0.1, 0.15) is 12.8 Å². The van der Waals surface area contributed by atoms with Gasteiger partial charge < -0.3 is 20.7 Å². The summed E-state index contributed by atoms with van der Waals surface area (Å²) >= 11 is 0. The van der Waals surface area contributed by atoms with Gasteiger partial charge in [0.2, 0.25) is 0 Å². The Labute approximate surface area is 107 Å². The minimum atomic E-state index is -0.116. The molecule has 1 fully saturated rings. The number of nitrogens with zero attached hydrogens (tertiary/aromatic N) is 1. The molecule has 0 aromatic heterocycles. The van der Waals surface area contributed by atoms with Gasteiger partial charge in [0, 0.05) is 19.1 Å². The van der Waals surface area contributed by atoms with Crippen molar-refractivity contribution in [3.05, 3.63) is 24.3 Å². The number of methoxy groups -OCH3 is 1. The molecule has 1 heterocycles. The monoisotopic (exact) mass is 249 g/mol. The highest BCUT2D eigenvalue weighted by atomic mass is 16.5. The molecule has 0 spiro atoms. The van der Waals surface area contributed by atoms with Gasteiger partial charge in [0.05, 0.1) is 12.8 Å². The number of urea groups is 1. The van der Waals surface area contributed by atoms with Crippen molar-refractivity contribution in [3.63, 3.8) is 0 Å². The predicted octanol–water partition coefficient (Wildman–Crippen LogP) is 1.65. The summed E-state index contributed by atoms with van der Waals surface area (Å²) < 4.78 is 5.20. The normalized spacial score (nSPS) is 19.4. The molecule has 1 aliphatic rings. The number of nitrogens with two attached hydrogens (primary N) is 1. The Kier molecular flexibility index (Phi) is 4.04. The van der Waals surface area contributed by atoms with Gasteiger partial charge in [-0.25, -0.2) is 4.79 Å². The van der Waals surface area contributed by atoms with Crippen LogP contribution >= 0.6 is 0 Å². The first-order valence-electron chi connectivity index (χ1n) is 6.15. The van der Waals surface area contributed by atoms with E-state index in [0.29, 0.717) is 18.0 Å². The Hall–Kier alpha value is -1.75. The lowest BCUT2D eigenvalue weighted by Crippen LogP contribution is -2.47. The Morgan fingerprint density at radius 1 is 1.50 bits per heavy atom. The SMILES string of the molecule is COc1ccccc1NC(=O)N1CCCC(N)C1. The fourth-order valence-corrected chi connectivity index (χ4v) is 2.14. The third kappa shape index (κ3) is 2.92. The highest BCUT2D eigenvalue weighted by molar-refractivity contribution is 5.91. The molecule has 5 nitrogen and oxygen atoms in total. The van der Waals surface area contributed by atoms with Gasteiger partial charge in [0.1, 0.15) is 5.75 Å². The quantitative estimate of drug-likeness (QED) is 0.837. The molecular formula is C13H19N3O2. The molecule has 5 heteroatoms. The number of likely N-dealkylation sites (tertiary alicyclic amines) is 1. The average Bonchev–Trinajstić information content (AvgIpc) is 2.39. The van der Waals surface area contributed by atoms with Crippen LogP contribution in [0.25, 0.3) is 0 Å². The third-order valence-corrected chi connectivity index (χ3v) is 3.09. The number of hydrogen-bond donors (Lipinski definition) is 2. The standard InChI is InChI=1S/C13H19N3O2/c1-18-12-7-3-2-6-11(12)15-13(17)16-8-4-5-10(14)9-16/h2-3,6-7,10H,4-5,8-9,14H2,1H3,(H,15,17). The van der Waals surface area contributed by atoms with Crippen LogP contribution in [0, 0.1) is 0 Å². The molecule has 2 rings (SSSR count). The number of para-hydroxylation sites is 2. The zero-order valence-corrected chi connectivity index (χ0v) is 10.6. The zero-order valence-electron chi connectivity index (χ0n) is 10.6. The van der Waals surface area contributed by atoms with E-state index in [4.69, 9.17) is 10.5 Å². The maximum absolute atomic E-state index is 12.1. The Morgan fingerprint density at radius 3 is 3.00 bits per heavy atom. The number of amides is 2. The summed E-state index contributed by atoms with van der Waals surface area (Å²) in [5.74, 6) is 0.659. The zero-order chi connectivity index (χ0) is 13.0. The lowest BCUT2D eigenvalue weighted by atomic mass is 10.1. The van der Waals surface area contributed by atoms with Crippen molar-refractivity contribution < 1.29 is 9.53 Å². The van der Waals surface area contributed by atoms with Crippen LogP contribution < -0.4 is 15.8 Å². The second kappa shape index (κ2) is 5.73. The lowest BCUT2D eigenvalue weighted by molar-refractivity contribution is 0.193. The lowest BCUT2D eigenvalue weighted by Gasteiger charge is -2.30. The summed E-state index contributed by atoms with van der Waals surface area (Å²) in [6, 6.07) is 7.33. The fourth-order valence-electron chi connectivity index (χ4n) is 2.14. The summed E-state index contributed by atoms with van der Waals surface area (Å²) in [5.41, 5.74) is 6.55. The van der Waals surface area contributed by atoms with Crippen LogP contribution in [0.3, 0.4) is 0 Å². The molecule has 1 unspecified atom stereocenters. The van der Waals surface area contributed by atoms with E-state index < -0.39 is 0 Å². The van der Waals surface area contributed by atoms with Gasteiger partial charge in [-0.2, -0.15) is 0 Å². The van der Waals surface area contributed by atoms with E-state index in [2.05, 4.69) is 5.32 Å². The van der Waals surface area contributed by atoms with Crippen molar-refractivity contribution in [1.82, 2.24) is 4.90 Å². The molecule has 0 radical (unpaired) electrons. The molecule has 3 N–H and O–H groups in total. The van der Waals surface area contributed by atoms with Crippen LogP contribution in [0.2, 0.25) is 0 Å². The number of carbonyl (C=O) groups is 1. The topological polar surface area (TPSA) is 67.6 Å². The van der Waals surface area contributed by atoms with E-state index in [1.165, 1.54) is 0 Å². The van der Waals surface area contributed by atoms with Crippen molar-refractivity contribution in [2.24, 2.45) is 5.73 Å². The molecule has 0 saturated carbocycles. The van der Waals surface area contributed by atoms with E-state index in [0.717, 1.165) is 19.4 Å². The average molecular weight is 249 g/mol. The number of nitrogens with one attached hydrogen (secondary N) is 1. The summed E-state index contributed by atoms with van der Waals surface area (Å²) in [7, 11) is 1.59. The highest BCUT2D eigenvalue weighted by Crippen LogP contribution is 2.23. The van der Waals surface area contributed by atoms with E-state index in [1.54, 1.807) is 12.0 Å². The molecule has 98 valence electrons. The van der Waals surface area contributed by atoms with E-state index in [1.807, 2.05) is 24.3 Å². The molecular weight excluding hydrogens is 230 g/mol. The van der Waals surface area contributed by atoms with E-state index in [9.17, 15) is 4.79 Å². The first-order valence-corrected chi connectivity index (χ1v) is 6.15. The number of carbonyl (C=O) groups excluding carboxylic acids is 1. The van der Waals surface area contributed by atoms with Crippen molar-refractivity contribution in [3.8, 4) is 5.75 Å². The molecule has 2 amide bonds. The fraction of sp³-hybridized carbons (Fsp3) is 0.462. The van der Waals surface area contributed by atoms with E-state index >= 15 is 0 Å². The Bertz CT molecular complexity index is 422. The smallest absolute Gasteiger partial charge is 0.322 e. The highest BCUT2D eigenvalue weighted by Gasteiger charge is 2.21. The molecule has 0 bridgehead atoms. The van der Waals surface area contributed by atoms with Crippen LogP contribution in [0.5, 0.6) is 5.75 Å². The molecule has 1 aromatic rings. The number of hydrogen-bond acceptors (Lipinski definition) is 3. The minimum Gasteiger partial charge on any atom is -0.495 e. The Balaban J connectivity index is 2.02. The van der Waals surface area contributed by atoms with Crippen molar-refractivity contribution in [2.75, 3.05) is 25.5 Å². The van der Waals surface area contributed by atoms with Gasteiger partial charge in [0.15, 0.2) is 0 Å². The number of benzene rings is 1. The van der Waals surface area contributed by atoms with Crippen LogP contribution in [0.15, 0.2) is 24.3 Å². The van der Waals surface area contributed by atoms with Gasteiger partial charge in [0.25, 0.3) is 0 Å². The van der Waals surface area contributed by atoms with Gasteiger partial charge in [-0.05, 0) is 25.0 Å². The number of rotatable bonds is 2. The number of ether oxygens (including phenoxy) is 1. The van der Waals surface area contributed by atoms with Gasteiger partial charge in [-0.15, -0.1) is 0 Å². The first-order chi connectivity index (χ1) is 8.70. The maximum atomic E-state index is 12.1. The molecule has 1 saturated heterocycles. The third-order valence-electron chi connectivity index (χ3n) is 3.09. The second-order valence-electron chi connectivity index (χ2n) is 4.48. The predicted molar refractivity (Wildman–Crippen MR) is 70.8 cm³/mol. The van der Waals surface area contributed by atoms with Crippen molar-refractivity contribution >= 4 is 11.7 Å². The largest absolute Gasteiger partial charge is 0.495 e. The van der Waals surface area contributed by atoms with Crippen molar-refractivity contribution in [1.29, 1.82) is 0 Å². The van der Waals surface area contributed by atoms with Crippen LogP contribution in [-0.2, 0) is 0 Å². The van der Waals surface area contributed by atoms with Crippen LogP contribution in [0.4, 0.5) is 10.5 Å². The summed E-state index contributed by atoms with van der Waals surface area (Å²) in [5, 5.41) is 2.86. The van der Waals surface area contributed by atoms with Crippen LogP contribution in [-0.4, -0.2) is 37.2 Å². The van der Waals surface area contributed by atoms with E-state index in [-0.39, 0.29) is 12.1 Å². The number of piperidine rings is 1. The summed E-state index contributed by atoms with van der Waals surface area (Å²) in [6.07, 6.45) is 1.94. The summed E-state index contributed by atoms with van der Waals surface area (Å²) in [6.45, 7) is 1.37. The van der Waals surface area contributed by atoms with Gasteiger partial charge in [-0.1, -0.05) is 12.1 Å². The number of anilines is 1. The van der Waals surface area contributed by atoms with Gasteiger partial charge >= 0.3 is 6.03 Å².